The van der Waals surface area contributed by atoms with E-state index in [0.29, 0.717) is 5.56 Å². The van der Waals surface area contributed by atoms with Gasteiger partial charge in [0.05, 0.1) is 11.5 Å². The first-order valence-electron chi connectivity index (χ1n) is 8.14. The minimum absolute atomic E-state index is 0.0151. The molecule has 1 fully saturated rings. The van der Waals surface area contributed by atoms with E-state index in [1.807, 2.05) is 18.2 Å². The molecule has 2 aromatic carbocycles. The van der Waals surface area contributed by atoms with Crippen molar-refractivity contribution in [3.05, 3.63) is 65.7 Å². The summed E-state index contributed by atoms with van der Waals surface area (Å²) < 4.78 is 38.2. The van der Waals surface area contributed by atoms with Gasteiger partial charge in [0.25, 0.3) is 0 Å². The number of halogens is 3. The van der Waals surface area contributed by atoms with E-state index in [2.05, 4.69) is 5.32 Å². The van der Waals surface area contributed by atoms with Crippen molar-refractivity contribution >= 4 is 17.5 Å². The molecule has 1 heterocycles. The van der Waals surface area contributed by atoms with Gasteiger partial charge in [-0.3, -0.25) is 9.59 Å². The summed E-state index contributed by atoms with van der Waals surface area (Å²) in [5.41, 5.74) is 0.332. The van der Waals surface area contributed by atoms with E-state index < -0.39 is 17.7 Å². The fourth-order valence-corrected chi connectivity index (χ4v) is 2.93. The number of anilines is 1. The molecular weight excluding hydrogens is 345 g/mol. The van der Waals surface area contributed by atoms with Crippen molar-refractivity contribution in [3.63, 3.8) is 0 Å². The molecule has 0 spiro atoms. The van der Waals surface area contributed by atoms with Crippen molar-refractivity contribution in [2.24, 2.45) is 5.92 Å². The highest BCUT2D eigenvalue weighted by Gasteiger charge is 2.35. The first kappa shape index (κ1) is 18.0. The van der Waals surface area contributed by atoms with Gasteiger partial charge in [-0.2, -0.15) is 13.2 Å². The second kappa shape index (κ2) is 7.19. The number of alkyl halides is 3. The summed E-state index contributed by atoms with van der Waals surface area (Å²) in [6, 6.07) is 13.9. The summed E-state index contributed by atoms with van der Waals surface area (Å²) >= 11 is 0. The number of carbonyl (C=O) groups excluding carboxylic acids is 2. The fourth-order valence-electron chi connectivity index (χ4n) is 2.93. The molecule has 26 heavy (non-hydrogen) atoms. The lowest BCUT2D eigenvalue weighted by molar-refractivity contribution is -0.137. The molecule has 0 saturated carbocycles. The van der Waals surface area contributed by atoms with E-state index in [-0.39, 0.29) is 31.3 Å². The van der Waals surface area contributed by atoms with Crippen LogP contribution in [0.4, 0.5) is 18.9 Å². The van der Waals surface area contributed by atoms with Crippen LogP contribution in [-0.4, -0.2) is 18.4 Å². The molecule has 1 N–H and O–H groups in total. The molecular formula is C19H17F3N2O2. The first-order valence-corrected chi connectivity index (χ1v) is 8.14. The molecule has 1 aliphatic heterocycles. The van der Waals surface area contributed by atoms with E-state index in [1.54, 1.807) is 17.0 Å². The largest absolute Gasteiger partial charge is 0.416 e. The van der Waals surface area contributed by atoms with Crippen LogP contribution in [0.15, 0.2) is 54.6 Å². The first-order chi connectivity index (χ1) is 12.3. The van der Waals surface area contributed by atoms with Gasteiger partial charge in [-0.1, -0.05) is 30.3 Å². The Labute approximate surface area is 148 Å². The smallest absolute Gasteiger partial charge is 0.352 e. The summed E-state index contributed by atoms with van der Waals surface area (Å²) in [6.45, 7) is 0.246. The topological polar surface area (TPSA) is 49.4 Å². The highest BCUT2D eigenvalue weighted by molar-refractivity contribution is 6.00. The maximum absolute atomic E-state index is 12.7. The molecule has 1 saturated heterocycles. The van der Waals surface area contributed by atoms with Crippen molar-refractivity contribution in [1.29, 1.82) is 0 Å². The molecule has 0 bridgehead atoms. The molecule has 2 aromatic rings. The Morgan fingerprint density at radius 2 is 1.85 bits per heavy atom. The average molecular weight is 362 g/mol. The van der Waals surface area contributed by atoms with Gasteiger partial charge in [0, 0.05) is 25.2 Å². The van der Waals surface area contributed by atoms with Gasteiger partial charge in [0.1, 0.15) is 0 Å². The number of para-hydroxylation sites is 1. The number of carbonyl (C=O) groups is 2. The summed E-state index contributed by atoms with van der Waals surface area (Å²) in [4.78, 5) is 26.0. The third-order valence-corrected chi connectivity index (χ3v) is 4.28. The van der Waals surface area contributed by atoms with Crippen LogP contribution in [0.3, 0.4) is 0 Å². The highest BCUT2D eigenvalue weighted by Crippen LogP contribution is 2.29. The Kier molecular flexibility index (Phi) is 4.97. The van der Waals surface area contributed by atoms with E-state index in [9.17, 15) is 22.8 Å². The van der Waals surface area contributed by atoms with Gasteiger partial charge in [-0.25, -0.2) is 0 Å². The van der Waals surface area contributed by atoms with Crippen LogP contribution in [0.5, 0.6) is 0 Å². The fraction of sp³-hybridized carbons (Fsp3) is 0.263. The number of hydrogen-bond acceptors (Lipinski definition) is 2. The van der Waals surface area contributed by atoms with Crippen molar-refractivity contribution in [3.8, 4) is 0 Å². The number of amides is 2. The molecule has 0 unspecified atom stereocenters. The Morgan fingerprint density at radius 3 is 2.54 bits per heavy atom. The molecule has 1 aliphatic rings. The normalized spacial score (nSPS) is 17.4. The van der Waals surface area contributed by atoms with E-state index in [4.69, 9.17) is 0 Å². The van der Waals surface area contributed by atoms with Crippen LogP contribution in [0, 0.1) is 5.92 Å². The zero-order valence-corrected chi connectivity index (χ0v) is 13.8. The standard InChI is InChI=1S/C19H17F3N2O2/c20-19(21,22)15-6-4-5-13(9-15)11-23-18(26)14-10-17(25)24(12-14)16-7-2-1-3-8-16/h1-9,14H,10-12H2,(H,23,26)/t14-/m0/s1. The number of nitrogens with one attached hydrogen (secondary N) is 1. The zero-order chi connectivity index (χ0) is 18.7. The minimum Gasteiger partial charge on any atom is -0.352 e. The third-order valence-electron chi connectivity index (χ3n) is 4.28. The second-order valence-electron chi connectivity index (χ2n) is 6.16. The van der Waals surface area contributed by atoms with Gasteiger partial charge >= 0.3 is 6.18 Å². The van der Waals surface area contributed by atoms with Crippen LogP contribution in [0.2, 0.25) is 0 Å². The van der Waals surface area contributed by atoms with Gasteiger partial charge in [-0.05, 0) is 29.8 Å². The van der Waals surface area contributed by atoms with Crippen LogP contribution in [-0.2, 0) is 22.3 Å². The van der Waals surface area contributed by atoms with Gasteiger partial charge < -0.3 is 10.2 Å². The van der Waals surface area contributed by atoms with E-state index in [0.717, 1.165) is 17.8 Å². The Balaban J connectivity index is 1.60. The zero-order valence-electron chi connectivity index (χ0n) is 13.8. The van der Waals surface area contributed by atoms with E-state index in [1.165, 1.54) is 12.1 Å². The highest BCUT2D eigenvalue weighted by atomic mass is 19.4. The number of rotatable bonds is 4. The third kappa shape index (κ3) is 4.04. The van der Waals surface area contributed by atoms with E-state index >= 15 is 0 Å². The minimum atomic E-state index is -4.42. The average Bonchev–Trinajstić information content (AvgIpc) is 3.02. The molecule has 136 valence electrons. The molecule has 1 atom stereocenters. The molecule has 2 amide bonds. The van der Waals surface area contributed by atoms with Crippen molar-refractivity contribution in [2.45, 2.75) is 19.1 Å². The van der Waals surface area contributed by atoms with Crippen LogP contribution >= 0.6 is 0 Å². The van der Waals surface area contributed by atoms with Crippen molar-refractivity contribution < 1.29 is 22.8 Å². The molecule has 0 radical (unpaired) electrons. The maximum Gasteiger partial charge on any atom is 0.416 e. The van der Waals surface area contributed by atoms with Gasteiger partial charge in [0.2, 0.25) is 11.8 Å². The quantitative estimate of drug-likeness (QED) is 0.907. The van der Waals surface area contributed by atoms with Gasteiger partial charge in [0.15, 0.2) is 0 Å². The SMILES string of the molecule is O=C(NCc1cccc(C(F)(F)F)c1)[C@H]1CC(=O)N(c2ccccc2)C1. The predicted molar refractivity (Wildman–Crippen MR) is 90.2 cm³/mol. The molecule has 0 aromatic heterocycles. The molecule has 7 heteroatoms. The number of hydrogen-bond donors (Lipinski definition) is 1. The van der Waals surface area contributed by atoms with Crippen LogP contribution in [0.25, 0.3) is 0 Å². The lowest BCUT2D eigenvalue weighted by Crippen LogP contribution is -2.32. The molecule has 3 rings (SSSR count). The summed E-state index contributed by atoms with van der Waals surface area (Å²) in [7, 11) is 0. The lowest BCUT2D eigenvalue weighted by atomic mass is 10.1. The molecule has 0 aliphatic carbocycles. The van der Waals surface area contributed by atoms with Gasteiger partial charge in [-0.15, -0.1) is 0 Å². The molecule has 4 nitrogen and oxygen atoms in total. The lowest BCUT2D eigenvalue weighted by Gasteiger charge is -2.16. The summed E-state index contributed by atoms with van der Waals surface area (Å²) in [5, 5.41) is 2.63. The van der Waals surface area contributed by atoms with Crippen LogP contribution < -0.4 is 10.2 Å². The Hall–Kier alpha value is -2.83. The summed E-state index contributed by atoms with van der Waals surface area (Å²) in [5.74, 6) is -1.00. The van der Waals surface area contributed by atoms with Crippen molar-refractivity contribution in [1.82, 2.24) is 5.32 Å². The Bertz CT molecular complexity index is 806. The summed E-state index contributed by atoms with van der Waals surface area (Å²) in [6.07, 6.45) is -4.34. The Morgan fingerprint density at radius 1 is 1.12 bits per heavy atom. The number of benzene rings is 2. The predicted octanol–water partition coefficient (Wildman–Crippen LogP) is 3.37. The number of nitrogens with zero attached hydrogens (tertiary/aromatic N) is 1. The van der Waals surface area contributed by atoms with Crippen molar-refractivity contribution in [2.75, 3.05) is 11.4 Å². The monoisotopic (exact) mass is 362 g/mol. The maximum atomic E-state index is 12.7. The van der Waals surface area contributed by atoms with Crippen LogP contribution in [0.1, 0.15) is 17.5 Å². The second-order valence-corrected chi connectivity index (χ2v) is 6.16.